The number of carbonyl (C=O) groups excluding carboxylic acids is 3. The normalized spacial score (nSPS) is 24.3. The van der Waals surface area contributed by atoms with Crippen LogP contribution in [0.5, 0.6) is 0 Å². The van der Waals surface area contributed by atoms with E-state index >= 15 is 0 Å². The highest BCUT2D eigenvalue weighted by atomic mass is 16.3. The van der Waals surface area contributed by atoms with Gasteiger partial charge < -0.3 is 20.2 Å². The second-order valence-electron chi connectivity index (χ2n) is 5.91. The van der Waals surface area contributed by atoms with Gasteiger partial charge in [-0.15, -0.1) is 0 Å². The predicted molar refractivity (Wildman–Crippen MR) is 81.6 cm³/mol. The molecule has 7 heteroatoms. The molecule has 23 heavy (non-hydrogen) atoms. The Morgan fingerprint density at radius 3 is 2.61 bits per heavy atom. The van der Waals surface area contributed by atoms with Crippen molar-refractivity contribution in [2.75, 3.05) is 26.2 Å². The van der Waals surface area contributed by atoms with Crippen LogP contribution in [0.25, 0.3) is 0 Å². The number of nitrogens with zero attached hydrogens (tertiary/aromatic N) is 2. The van der Waals surface area contributed by atoms with Crippen LogP contribution in [0.15, 0.2) is 24.3 Å². The summed E-state index contributed by atoms with van der Waals surface area (Å²) < 4.78 is 0. The highest BCUT2D eigenvalue weighted by Gasteiger charge is 2.44. The summed E-state index contributed by atoms with van der Waals surface area (Å²) in [6.45, 7) is 2.37. The number of rotatable bonds is 2. The minimum atomic E-state index is -0.877. The topological polar surface area (TPSA) is 90.0 Å². The maximum absolute atomic E-state index is 12.5. The van der Waals surface area contributed by atoms with Crippen molar-refractivity contribution in [1.82, 2.24) is 15.1 Å². The first kappa shape index (κ1) is 15.5. The molecule has 1 aromatic rings. The Morgan fingerprint density at radius 2 is 1.96 bits per heavy atom. The van der Waals surface area contributed by atoms with E-state index in [9.17, 15) is 14.4 Å². The molecule has 2 atom stereocenters. The van der Waals surface area contributed by atoms with Crippen LogP contribution in [-0.4, -0.2) is 71.0 Å². The van der Waals surface area contributed by atoms with E-state index in [0.29, 0.717) is 18.7 Å². The molecule has 0 bridgehead atoms. The Hall–Kier alpha value is -2.41. The van der Waals surface area contributed by atoms with Gasteiger partial charge in [-0.25, -0.2) is 0 Å². The molecule has 2 aliphatic rings. The van der Waals surface area contributed by atoms with Crippen molar-refractivity contribution >= 4 is 17.7 Å². The Balaban J connectivity index is 1.75. The van der Waals surface area contributed by atoms with Gasteiger partial charge in [-0.3, -0.25) is 14.4 Å². The highest BCUT2D eigenvalue weighted by molar-refractivity contribution is 5.99. The van der Waals surface area contributed by atoms with Gasteiger partial charge in [-0.2, -0.15) is 0 Å². The molecule has 3 rings (SSSR count). The summed E-state index contributed by atoms with van der Waals surface area (Å²) in [4.78, 5) is 39.9. The third-order valence-electron chi connectivity index (χ3n) is 4.35. The maximum atomic E-state index is 12.5. The molecular formula is C16H19N3O4. The van der Waals surface area contributed by atoms with Crippen LogP contribution >= 0.6 is 0 Å². The van der Waals surface area contributed by atoms with Gasteiger partial charge in [0.25, 0.3) is 5.91 Å². The van der Waals surface area contributed by atoms with Gasteiger partial charge >= 0.3 is 0 Å². The summed E-state index contributed by atoms with van der Waals surface area (Å²) in [5.74, 6) is -0.765. The number of fused-ring (bicyclic) bond motifs is 1. The maximum Gasteiger partial charge on any atom is 0.253 e. The fourth-order valence-electron chi connectivity index (χ4n) is 2.99. The quantitative estimate of drug-likeness (QED) is 0.743. The van der Waals surface area contributed by atoms with E-state index in [1.165, 1.54) is 4.90 Å². The first-order valence-corrected chi connectivity index (χ1v) is 7.59. The number of aryl methyl sites for hydroxylation is 1. The SMILES string of the molecule is Cc1ccc(C(=O)N2CCN3C(=O)[C@H](CO)NC(=O)[C@H]3C2)cc1. The summed E-state index contributed by atoms with van der Waals surface area (Å²) in [6, 6.07) is 5.69. The lowest BCUT2D eigenvalue weighted by atomic mass is 10.0. The standard InChI is InChI=1S/C16H19N3O4/c1-10-2-4-11(5-3-10)15(22)18-6-7-19-13(8-18)14(21)17-12(9-20)16(19)23/h2-5,12-13,20H,6-9H2,1H3,(H,17,21)/t12-,13+/m0/s1. The first-order chi connectivity index (χ1) is 11.0. The van der Waals surface area contributed by atoms with Gasteiger partial charge in [0.1, 0.15) is 12.1 Å². The average molecular weight is 317 g/mol. The lowest BCUT2D eigenvalue weighted by Gasteiger charge is -2.44. The largest absolute Gasteiger partial charge is 0.394 e. The molecule has 0 saturated carbocycles. The number of amides is 3. The van der Waals surface area contributed by atoms with Gasteiger partial charge in [0.2, 0.25) is 11.8 Å². The Kier molecular flexibility index (Phi) is 4.04. The molecule has 0 aliphatic carbocycles. The van der Waals surface area contributed by atoms with Crippen LogP contribution in [-0.2, 0) is 9.59 Å². The van der Waals surface area contributed by atoms with E-state index in [4.69, 9.17) is 5.11 Å². The van der Waals surface area contributed by atoms with Crippen LogP contribution in [0.3, 0.4) is 0 Å². The minimum absolute atomic E-state index is 0.144. The molecule has 3 amide bonds. The summed E-state index contributed by atoms with van der Waals surface area (Å²) in [6.07, 6.45) is 0. The van der Waals surface area contributed by atoms with Crippen LogP contribution < -0.4 is 5.32 Å². The number of piperazine rings is 2. The van der Waals surface area contributed by atoms with Crippen molar-refractivity contribution < 1.29 is 19.5 Å². The number of aliphatic hydroxyl groups is 1. The fraction of sp³-hybridized carbons (Fsp3) is 0.438. The Bertz CT molecular complexity index is 643. The third kappa shape index (κ3) is 2.79. The van der Waals surface area contributed by atoms with Crippen molar-refractivity contribution in [2.45, 2.75) is 19.0 Å². The van der Waals surface area contributed by atoms with E-state index < -0.39 is 18.7 Å². The van der Waals surface area contributed by atoms with Crippen LogP contribution in [0.1, 0.15) is 15.9 Å². The summed E-state index contributed by atoms with van der Waals surface area (Å²) in [5, 5.41) is 11.7. The van der Waals surface area contributed by atoms with E-state index in [1.54, 1.807) is 17.0 Å². The molecule has 2 aliphatic heterocycles. The molecule has 0 radical (unpaired) electrons. The monoisotopic (exact) mass is 317 g/mol. The molecule has 2 heterocycles. The van der Waals surface area contributed by atoms with Crippen molar-refractivity contribution in [3.05, 3.63) is 35.4 Å². The molecular weight excluding hydrogens is 298 g/mol. The Labute approximate surface area is 133 Å². The van der Waals surface area contributed by atoms with Gasteiger partial charge in [-0.05, 0) is 19.1 Å². The minimum Gasteiger partial charge on any atom is -0.394 e. The van der Waals surface area contributed by atoms with Gasteiger partial charge in [0, 0.05) is 18.7 Å². The smallest absolute Gasteiger partial charge is 0.253 e. The molecule has 2 fully saturated rings. The van der Waals surface area contributed by atoms with Gasteiger partial charge in [0.05, 0.1) is 13.2 Å². The lowest BCUT2D eigenvalue weighted by molar-refractivity contribution is -0.153. The number of hydrogen-bond donors (Lipinski definition) is 2. The Morgan fingerprint density at radius 1 is 1.26 bits per heavy atom. The van der Waals surface area contributed by atoms with Gasteiger partial charge in [-0.1, -0.05) is 17.7 Å². The summed E-state index contributed by atoms with van der Waals surface area (Å²) in [7, 11) is 0. The van der Waals surface area contributed by atoms with E-state index in [-0.39, 0.29) is 24.3 Å². The summed E-state index contributed by atoms with van der Waals surface area (Å²) >= 11 is 0. The van der Waals surface area contributed by atoms with Crippen molar-refractivity contribution in [3.63, 3.8) is 0 Å². The molecule has 122 valence electrons. The average Bonchev–Trinajstić information content (AvgIpc) is 2.57. The van der Waals surface area contributed by atoms with Crippen LogP contribution in [0.2, 0.25) is 0 Å². The fourth-order valence-corrected chi connectivity index (χ4v) is 2.99. The number of carbonyl (C=O) groups is 3. The zero-order valence-corrected chi connectivity index (χ0v) is 12.9. The number of benzene rings is 1. The lowest BCUT2D eigenvalue weighted by Crippen LogP contribution is -2.70. The predicted octanol–water partition coefficient (Wildman–Crippen LogP) is -0.861. The van der Waals surface area contributed by atoms with Gasteiger partial charge in [0.15, 0.2) is 0 Å². The van der Waals surface area contributed by atoms with Crippen molar-refractivity contribution in [1.29, 1.82) is 0 Å². The molecule has 2 N–H and O–H groups in total. The molecule has 7 nitrogen and oxygen atoms in total. The van der Waals surface area contributed by atoms with Crippen LogP contribution in [0.4, 0.5) is 0 Å². The number of hydrogen-bond acceptors (Lipinski definition) is 4. The highest BCUT2D eigenvalue weighted by Crippen LogP contribution is 2.18. The molecule has 0 unspecified atom stereocenters. The first-order valence-electron chi connectivity index (χ1n) is 7.59. The zero-order chi connectivity index (χ0) is 16.6. The van der Waals surface area contributed by atoms with E-state index in [2.05, 4.69) is 5.32 Å². The second kappa shape index (κ2) is 6.00. The molecule has 0 aromatic heterocycles. The molecule has 0 spiro atoms. The summed E-state index contributed by atoms with van der Waals surface area (Å²) in [5.41, 5.74) is 1.64. The number of nitrogens with one attached hydrogen (secondary N) is 1. The van der Waals surface area contributed by atoms with Crippen molar-refractivity contribution in [3.8, 4) is 0 Å². The van der Waals surface area contributed by atoms with Crippen LogP contribution in [0, 0.1) is 6.92 Å². The zero-order valence-electron chi connectivity index (χ0n) is 12.9. The van der Waals surface area contributed by atoms with E-state index in [0.717, 1.165) is 5.56 Å². The number of aliphatic hydroxyl groups excluding tert-OH is 1. The molecule has 1 aromatic carbocycles. The molecule has 2 saturated heterocycles. The van der Waals surface area contributed by atoms with E-state index in [1.807, 2.05) is 19.1 Å². The third-order valence-corrected chi connectivity index (χ3v) is 4.35. The van der Waals surface area contributed by atoms with Crippen molar-refractivity contribution in [2.24, 2.45) is 0 Å². The second-order valence-corrected chi connectivity index (χ2v) is 5.91.